The van der Waals surface area contributed by atoms with E-state index in [-0.39, 0.29) is 11.4 Å². The van der Waals surface area contributed by atoms with Gasteiger partial charge in [0.25, 0.3) is 0 Å². The van der Waals surface area contributed by atoms with Crippen molar-refractivity contribution in [3.8, 4) is 5.75 Å². The van der Waals surface area contributed by atoms with Gasteiger partial charge >= 0.3 is 6.03 Å². The Morgan fingerprint density at radius 1 is 1.16 bits per heavy atom. The number of amides is 2. The molecule has 2 N–H and O–H groups in total. The van der Waals surface area contributed by atoms with E-state index in [2.05, 4.69) is 22.8 Å². The van der Waals surface area contributed by atoms with Crippen LogP contribution in [-0.4, -0.2) is 26.2 Å². The number of benzene rings is 2. The number of methoxy groups -OCH3 is 1. The molecule has 1 saturated carbocycles. The highest BCUT2D eigenvalue weighted by Crippen LogP contribution is 2.47. The Morgan fingerprint density at radius 2 is 1.92 bits per heavy atom. The molecule has 2 amide bonds. The molecule has 0 atom stereocenters. The second-order valence-corrected chi connectivity index (χ2v) is 6.93. The summed E-state index contributed by atoms with van der Waals surface area (Å²) in [6.45, 7) is 1.24. The molecule has 0 spiro atoms. The molecule has 5 heteroatoms. The summed E-state index contributed by atoms with van der Waals surface area (Å²) in [6.07, 6.45) is 2.96. The molecule has 0 heterocycles. The molecule has 4 nitrogen and oxygen atoms in total. The van der Waals surface area contributed by atoms with Gasteiger partial charge in [-0.05, 0) is 54.7 Å². The van der Waals surface area contributed by atoms with E-state index in [0.29, 0.717) is 13.1 Å². The number of hydrogen-bond acceptors (Lipinski definition) is 2. The SMILES string of the molecule is COc1ccc(C2(CNC(=O)NCCc3cccc(Cl)c3)CC2)cc1. The molecule has 0 aliphatic heterocycles. The van der Waals surface area contributed by atoms with E-state index in [0.717, 1.165) is 35.6 Å². The van der Waals surface area contributed by atoms with Crippen molar-refractivity contribution in [3.63, 3.8) is 0 Å². The Balaban J connectivity index is 1.44. The highest BCUT2D eigenvalue weighted by Gasteiger charge is 2.44. The van der Waals surface area contributed by atoms with E-state index < -0.39 is 0 Å². The van der Waals surface area contributed by atoms with Crippen molar-refractivity contribution >= 4 is 17.6 Å². The number of halogens is 1. The summed E-state index contributed by atoms with van der Waals surface area (Å²) in [5, 5.41) is 6.63. The normalized spacial score (nSPS) is 14.6. The lowest BCUT2D eigenvalue weighted by molar-refractivity contribution is 0.240. The fraction of sp³-hybridized carbons (Fsp3) is 0.350. The van der Waals surface area contributed by atoms with Crippen LogP contribution >= 0.6 is 11.6 Å². The molecule has 1 aliphatic rings. The van der Waals surface area contributed by atoms with Crippen molar-refractivity contribution in [2.45, 2.75) is 24.7 Å². The molecule has 0 bridgehead atoms. The Morgan fingerprint density at radius 3 is 2.56 bits per heavy atom. The average molecular weight is 359 g/mol. The van der Waals surface area contributed by atoms with E-state index in [1.807, 2.05) is 36.4 Å². The Hall–Kier alpha value is -2.20. The zero-order chi connectivity index (χ0) is 17.7. The summed E-state index contributed by atoms with van der Waals surface area (Å²) in [6, 6.07) is 15.7. The molecule has 3 rings (SSSR count). The molecule has 2 aromatic carbocycles. The molecule has 0 radical (unpaired) electrons. The minimum Gasteiger partial charge on any atom is -0.497 e. The lowest BCUT2D eigenvalue weighted by Crippen LogP contribution is -2.40. The monoisotopic (exact) mass is 358 g/mol. The molecule has 2 aromatic rings. The van der Waals surface area contributed by atoms with Crippen molar-refractivity contribution in [3.05, 3.63) is 64.7 Å². The van der Waals surface area contributed by atoms with Gasteiger partial charge in [-0.15, -0.1) is 0 Å². The lowest BCUT2D eigenvalue weighted by Gasteiger charge is -2.17. The van der Waals surface area contributed by atoms with Crippen LogP contribution in [0.3, 0.4) is 0 Å². The Bertz CT molecular complexity index is 727. The van der Waals surface area contributed by atoms with Crippen LogP contribution < -0.4 is 15.4 Å². The molecular formula is C20H23ClN2O2. The van der Waals surface area contributed by atoms with Gasteiger partial charge < -0.3 is 15.4 Å². The van der Waals surface area contributed by atoms with Gasteiger partial charge in [0.1, 0.15) is 5.75 Å². The number of ether oxygens (including phenoxy) is 1. The Kier molecular flexibility index (Phi) is 5.49. The van der Waals surface area contributed by atoms with E-state index in [4.69, 9.17) is 16.3 Å². The first-order valence-corrected chi connectivity index (χ1v) is 8.90. The first-order chi connectivity index (χ1) is 12.1. The average Bonchev–Trinajstić information content (AvgIpc) is 3.41. The van der Waals surface area contributed by atoms with Gasteiger partial charge in [0, 0.05) is 23.5 Å². The molecule has 25 heavy (non-hydrogen) atoms. The predicted molar refractivity (Wildman–Crippen MR) is 100 cm³/mol. The van der Waals surface area contributed by atoms with Crippen LogP contribution in [0, 0.1) is 0 Å². The minimum atomic E-state index is -0.123. The van der Waals surface area contributed by atoms with Crippen LogP contribution in [0.2, 0.25) is 5.02 Å². The zero-order valence-electron chi connectivity index (χ0n) is 14.3. The standard InChI is InChI=1S/C20H23ClN2O2/c1-25-18-7-5-16(6-8-18)20(10-11-20)14-23-19(24)22-12-9-15-3-2-4-17(21)13-15/h2-8,13H,9-12,14H2,1H3,(H2,22,23,24). The van der Waals surface area contributed by atoms with Gasteiger partial charge in [0.05, 0.1) is 7.11 Å². The van der Waals surface area contributed by atoms with E-state index in [1.54, 1.807) is 7.11 Å². The molecule has 132 valence electrons. The van der Waals surface area contributed by atoms with Crippen molar-refractivity contribution in [2.75, 3.05) is 20.2 Å². The van der Waals surface area contributed by atoms with Crippen LogP contribution in [0.15, 0.2) is 48.5 Å². The first kappa shape index (κ1) is 17.6. The minimum absolute atomic E-state index is 0.0799. The van der Waals surface area contributed by atoms with Gasteiger partial charge in [0.15, 0.2) is 0 Å². The van der Waals surface area contributed by atoms with Crippen LogP contribution in [0.1, 0.15) is 24.0 Å². The number of rotatable bonds is 7. The van der Waals surface area contributed by atoms with Gasteiger partial charge in [-0.3, -0.25) is 0 Å². The van der Waals surface area contributed by atoms with Gasteiger partial charge in [-0.2, -0.15) is 0 Å². The molecule has 0 aromatic heterocycles. The number of nitrogens with one attached hydrogen (secondary N) is 2. The predicted octanol–water partition coefficient (Wildman–Crippen LogP) is 3.92. The smallest absolute Gasteiger partial charge is 0.314 e. The van der Waals surface area contributed by atoms with E-state index in [9.17, 15) is 4.79 Å². The maximum absolute atomic E-state index is 12.0. The van der Waals surface area contributed by atoms with Crippen LogP contribution in [0.4, 0.5) is 4.79 Å². The topological polar surface area (TPSA) is 50.4 Å². The fourth-order valence-corrected chi connectivity index (χ4v) is 3.20. The Labute approximate surface area is 153 Å². The van der Waals surface area contributed by atoms with Crippen molar-refractivity contribution in [2.24, 2.45) is 0 Å². The summed E-state index contributed by atoms with van der Waals surface area (Å²) in [5.41, 5.74) is 2.45. The fourth-order valence-electron chi connectivity index (χ4n) is 2.99. The highest BCUT2D eigenvalue weighted by molar-refractivity contribution is 6.30. The van der Waals surface area contributed by atoms with Gasteiger partial charge in [-0.1, -0.05) is 35.9 Å². The summed E-state index contributed by atoms with van der Waals surface area (Å²) in [7, 11) is 1.66. The number of carbonyl (C=O) groups is 1. The lowest BCUT2D eigenvalue weighted by atomic mass is 9.96. The molecule has 0 saturated heterocycles. The first-order valence-electron chi connectivity index (χ1n) is 8.52. The molecule has 1 fully saturated rings. The summed E-state index contributed by atoms with van der Waals surface area (Å²) < 4.78 is 5.20. The molecule has 0 unspecified atom stereocenters. The van der Waals surface area contributed by atoms with Crippen LogP contribution in [0.25, 0.3) is 0 Å². The van der Waals surface area contributed by atoms with Crippen molar-refractivity contribution < 1.29 is 9.53 Å². The van der Waals surface area contributed by atoms with Crippen LogP contribution in [-0.2, 0) is 11.8 Å². The summed E-state index contributed by atoms with van der Waals surface area (Å²) >= 11 is 5.96. The van der Waals surface area contributed by atoms with E-state index >= 15 is 0 Å². The van der Waals surface area contributed by atoms with E-state index in [1.165, 1.54) is 5.56 Å². The summed E-state index contributed by atoms with van der Waals surface area (Å²) in [5.74, 6) is 0.853. The van der Waals surface area contributed by atoms with Gasteiger partial charge in [-0.25, -0.2) is 4.79 Å². The molecule has 1 aliphatic carbocycles. The number of hydrogen-bond donors (Lipinski definition) is 2. The third-order valence-electron chi connectivity index (χ3n) is 4.73. The third kappa shape index (κ3) is 4.67. The molecular weight excluding hydrogens is 336 g/mol. The number of urea groups is 1. The highest BCUT2D eigenvalue weighted by atomic mass is 35.5. The zero-order valence-corrected chi connectivity index (χ0v) is 15.1. The number of carbonyl (C=O) groups excluding carboxylic acids is 1. The summed E-state index contributed by atoms with van der Waals surface area (Å²) in [4.78, 5) is 12.0. The van der Waals surface area contributed by atoms with Crippen LogP contribution in [0.5, 0.6) is 5.75 Å². The largest absolute Gasteiger partial charge is 0.497 e. The van der Waals surface area contributed by atoms with Crippen molar-refractivity contribution in [1.82, 2.24) is 10.6 Å². The third-order valence-corrected chi connectivity index (χ3v) is 4.97. The maximum atomic E-state index is 12.0. The van der Waals surface area contributed by atoms with Gasteiger partial charge in [0.2, 0.25) is 0 Å². The maximum Gasteiger partial charge on any atom is 0.314 e. The second kappa shape index (κ2) is 7.79. The second-order valence-electron chi connectivity index (χ2n) is 6.50. The quantitative estimate of drug-likeness (QED) is 0.788. The van der Waals surface area contributed by atoms with Crippen molar-refractivity contribution in [1.29, 1.82) is 0 Å².